The fraction of sp³-hybridized carbons (Fsp3) is 0.917. The van der Waals surface area contributed by atoms with E-state index in [-0.39, 0.29) is 12.6 Å². The maximum atomic E-state index is 11.3. The second-order valence-corrected chi connectivity index (χ2v) is 4.76. The molecule has 0 aliphatic heterocycles. The minimum Gasteiger partial charge on any atom is -0.379 e. The van der Waals surface area contributed by atoms with E-state index in [2.05, 4.69) is 11.8 Å². The van der Waals surface area contributed by atoms with Crippen LogP contribution in [0.3, 0.4) is 0 Å². The van der Waals surface area contributed by atoms with Crippen LogP contribution in [0.15, 0.2) is 0 Å². The number of unbranched alkanes of at least 4 members (excludes halogenated alkanes) is 2. The molecule has 0 aliphatic carbocycles. The Morgan fingerprint density at radius 2 is 1.75 bits per heavy atom. The summed E-state index contributed by atoms with van der Waals surface area (Å²) in [6, 6.07) is 0. The van der Waals surface area contributed by atoms with E-state index >= 15 is 0 Å². The highest BCUT2D eigenvalue weighted by Crippen LogP contribution is 2.14. The second kappa shape index (κ2) is 8.53. The maximum absolute atomic E-state index is 11.3. The highest BCUT2D eigenvalue weighted by atomic mass is 17.2. The Bertz CT molecular complexity index is 184. The molecular weight excluding hydrogens is 208 g/mol. The lowest BCUT2D eigenvalue weighted by Crippen LogP contribution is -2.23. The Hall–Kier alpha value is -0.610. The SMILES string of the molecule is CCCCCOCCOOC(=O)C(C)(C)C. The summed E-state index contributed by atoms with van der Waals surface area (Å²) in [5.74, 6) is -0.363. The summed E-state index contributed by atoms with van der Waals surface area (Å²) in [6.45, 7) is 8.97. The fourth-order valence-electron chi connectivity index (χ4n) is 0.869. The highest BCUT2D eigenvalue weighted by molar-refractivity contribution is 5.74. The Morgan fingerprint density at radius 1 is 1.06 bits per heavy atom. The average Bonchev–Trinajstić information content (AvgIpc) is 2.20. The van der Waals surface area contributed by atoms with Gasteiger partial charge in [0.25, 0.3) is 0 Å². The van der Waals surface area contributed by atoms with Gasteiger partial charge in [-0.2, -0.15) is 4.89 Å². The first-order valence-electron chi connectivity index (χ1n) is 5.90. The van der Waals surface area contributed by atoms with Crippen molar-refractivity contribution in [2.24, 2.45) is 5.41 Å². The zero-order chi connectivity index (χ0) is 12.4. The van der Waals surface area contributed by atoms with Gasteiger partial charge in [-0.15, -0.1) is 0 Å². The quantitative estimate of drug-likeness (QED) is 0.367. The smallest absolute Gasteiger partial charge is 0.347 e. The third-order valence-corrected chi connectivity index (χ3v) is 1.95. The topological polar surface area (TPSA) is 44.8 Å². The largest absolute Gasteiger partial charge is 0.379 e. The Kier molecular flexibility index (Phi) is 8.21. The van der Waals surface area contributed by atoms with E-state index in [1.54, 1.807) is 20.8 Å². The summed E-state index contributed by atoms with van der Waals surface area (Å²) in [7, 11) is 0. The summed E-state index contributed by atoms with van der Waals surface area (Å²) in [4.78, 5) is 20.6. The predicted octanol–water partition coefficient (Wildman–Crippen LogP) is 2.71. The molecule has 0 aromatic heterocycles. The highest BCUT2D eigenvalue weighted by Gasteiger charge is 2.24. The van der Waals surface area contributed by atoms with Gasteiger partial charge in [-0.05, 0) is 27.2 Å². The Morgan fingerprint density at radius 3 is 2.31 bits per heavy atom. The van der Waals surface area contributed by atoms with Crippen molar-refractivity contribution >= 4 is 5.97 Å². The summed E-state index contributed by atoms with van der Waals surface area (Å²) >= 11 is 0. The van der Waals surface area contributed by atoms with Crippen molar-refractivity contribution in [2.75, 3.05) is 19.8 Å². The molecule has 16 heavy (non-hydrogen) atoms. The third kappa shape index (κ3) is 8.68. The molecular formula is C12H24O4. The molecule has 0 bridgehead atoms. The minimum absolute atomic E-state index is 0.286. The predicted molar refractivity (Wildman–Crippen MR) is 61.8 cm³/mol. The van der Waals surface area contributed by atoms with Crippen LogP contribution in [0.25, 0.3) is 0 Å². The fourth-order valence-corrected chi connectivity index (χ4v) is 0.869. The lowest BCUT2D eigenvalue weighted by atomic mass is 9.98. The number of hydrogen-bond acceptors (Lipinski definition) is 4. The van der Waals surface area contributed by atoms with E-state index in [0.717, 1.165) is 13.0 Å². The summed E-state index contributed by atoms with van der Waals surface area (Å²) in [5, 5.41) is 0. The van der Waals surface area contributed by atoms with E-state index in [0.29, 0.717) is 6.61 Å². The van der Waals surface area contributed by atoms with E-state index in [9.17, 15) is 4.79 Å². The number of rotatable bonds is 8. The van der Waals surface area contributed by atoms with Gasteiger partial charge in [0, 0.05) is 6.61 Å². The molecule has 0 spiro atoms. The van der Waals surface area contributed by atoms with Crippen LogP contribution in [0, 0.1) is 5.41 Å². The number of ether oxygens (including phenoxy) is 1. The van der Waals surface area contributed by atoms with Gasteiger partial charge >= 0.3 is 5.97 Å². The monoisotopic (exact) mass is 232 g/mol. The van der Waals surface area contributed by atoms with Crippen molar-refractivity contribution in [3.8, 4) is 0 Å². The van der Waals surface area contributed by atoms with Crippen molar-refractivity contribution in [1.82, 2.24) is 0 Å². The Balaban J connectivity index is 3.25. The van der Waals surface area contributed by atoms with Gasteiger partial charge in [0.2, 0.25) is 0 Å². The van der Waals surface area contributed by atoms with Gasteiger partial charge in [0.05, 0.1) is 12.0 Å². The molecule has 0 fully saturated rings. The normalized spacial score (nSPS) is 11.5. The van der Waals surface area contributed by atoms with Crippen LogP contribution in [0.4, 0.5) is 0 Å². The summed E-state index contributed by atoms with van der Waals surface area (Å²) in [5.41, 5.74) is -0.526. The Labute approximate surface area is 98.2 Å². The van der Waals surface area contributed by atoms with Crippen LogP contribution in [0.5, 0.6) is 0 Å². The molecule has 0 rings (SSSR count). The molecule has 0 atom stereocenters. The van der Waals surface area contributed by atoms with Gasteiger partial charge in [-0.3, -0.25) is 4.89 Å². The van der Waals surface area contributed by atoms with Gasteiger partial charge < -0.3 is 4.74 Å². The molecule has 0 saturated heterocycles. The van der Waals surface area contributed by atoms with Crippen molar-refractivity contribution in [1.29, 1.82) is 0 Å². The zero-order valence-corrected chi connectivity index (χ0v) is 10.9. The van der Waals surface area contributed by atoms with Crippen LogP contribution < -0.4 is 0 Å². The first-order chi connectivity index (χ1) is 7.48. The van der Waals surface area contributed by atoms with Crippen LogP contribution in [-0.2, 0) is 19.3 Å². The first kappa shape index (κ1) is 15.4. The standard InChI is InChI=1S/C12H24O4/c1-5-6-7-8-14-9-10-15-16-11(13)12(2,3)4/h5-10H2,1-4H3. The molecule has 0 radical (unpaired) electrons. The molecule has 0 aromatic carbocycles. The van der Waals surface area contributed by atoms with E-state index in [4.69, 9.17) is 9.62 Å². The molecule has 0 unspecified atom stereocenters. The second-order valence-electron chi connectivity index (χ2n) is 4.76. The van der Waals surface area contributed by atoms with Crippen LogP contribution in [0.2, 0.25) is 0 Å². The van der Waals surface area contributed by atoms with Gasteiger partial charge in [0.1, 0.15) is 6.61 Å². The number of carbonyl (C=O) groups excluding carboxylic acids is 1. The van der Waals surface area contributed by atoms with Crippen molar-refractivity contribution in [3.63, 3.8) is 0 Å². The van der Waals surface area contributed by atoms with Crippen molar-refractivity contribution in [2.45, 2.75) is 47.0 Å². The summed E-state index contributed by atoms with van der Waals surface area (Å²) < 4.78 is 5.29. The van der Waals surface area contributed by atoms with E-state index in [1.165, 1.54) is 12.8 Å². The number of hydrogen-bond donors (Lipinski definition) is 0. The molecule has 0 heterocycles. The molecule has 0 N–H and O–H groups in total. The van der Waals surface area contributed by atoms with Gasteiger partial charge in [0.15, 0.2) is 0 Å². The van der Waals surface area contributed by atoms with Gasteiger partial charge in [-0.25, -0.2) is 4.79 Å². The lowest BCUT2D eigenvalue weighted by molar-refractivity contribution is -0.283. The van der Waals surface area contributed by atoms with Gasteiger partial charge in [-0.1, -0.05) is 19.8 Å². The van der Waals surface area contributed by atoms with E-state index < -0.39 is 5.41 Å². The third-order valence-electron chi connectivity index (χ3n) is 1.95. The van der Waals surface area contributed by atoms with Crippen LogP contribution >= 0.6 is 0 Å². The molecule has 0 aliphatic rings. The minimum atomic E-state index is -0.526. The molecule has 4 heteroatoms. The van der Waals surface area contributed by atoms with Crippen molar-refractivity contribution < 1.29 is 19.3 Å². The number of carbonyl (C=O) groups is 1. The molecule has 96 valence electrons. The zero-order valence-electron chi connectivity index (χ0n) is 10.9. The first-order valence-corrected chi connectivity index (χ1v) is 5.90. The molecule has 0 saturated carbocycles. The van der Waals surface area contributed by atoms with E-state index in [1.807, 2.05) is 0 Å². The maximum Gasteiger partial charge on any atom is 0.347 e. The molecule has 0 aromatic rings. The molecule has 0 amide bonds. The molecule has 4 nitrogen and oxygen atoms in total. The summed E-state index contributed by atoms with van der Waals surface area (Å²) in [6.07, 6.45) is 3.43. The average molecular weight is 232 g/mol. The van der Waals surface area contributed by atoms with Crippen molar-refractivity contribution in [3.05, 3.63) is 0 Å². The lowest BCUT2D eigenvalue weighted by Gasteiger charge is -2.14. The van der Waals surface area contributed by atoms with Crippen LogP contribution in [-0.4, -0.2) is 25.8 Å². The van der Waals surface area contributed by atoms with Crippen LogP contribution in [0.1, 0.15) is 47.0 Å².